The Labute approximate surface area is 110 Å². The molecule has 1 aromatic rings. The van der Waals surface area contributed by atoms with Crippen LogP contribution >= 0.6 is 11.6 Å². The van der Waals surface area contributed by atoms with E-state index in [0.29, 0.717) is 0 Å². The molecular weight excluding hydrogens is 232 g/mol. The van der Waals surface area contributed by atoms with E-state index < -0.39 is 0 Å². The average molecular weight is 255 g/mol. The predicted octanol–water partition coefficient (Wildman–Crippen LogP) is 2.99. The minimum absolute atomic E-state index is 0.807. The maximum absolute atomic E-state index is 5.83. The Balaban J connectivity index is 1.95. The summed E-state index contributed by atoms with van der Waals surface area (Å²) in [6.07, 6.45) is 6.02. The smallest absolute Gasteiger partial charge is 0.0406 e. The molecule has 0 aliphatic carbocycles. The van der Waals surface area contributed by atoms with Crippen molar-refractivity contribution < 1.29 is 0 Å². The fourth-order valence-corrected chi connectivity index (χ4v) is 1.88. The van der Waals surface area contributed by atoms with E-state index in [4.69, 9.17) is 17.3 Å². The van der Waals surface area contributed by atoms with Gasteiger partial charge in [-0.2, -0.15) is 0 Å². The van der Waals surface area contributed by atoms with Crippen LogP contribution in [0.25, 0.3) is 0 Å². The Morgan fingerprint density at radius 2 is 1.65 bits per heavy atom. The van der Waals surface area contributed by atoms with E-state index in [1.807, 2.05) is 12.1 Å². The van der Waals surface area contributed by atoms with Gasteiger partial charge in [0.05, 0.1) is 0 Å². The van der Waals surface area contributed by atoms with Gasteiger partial charge in [-0.3, -0.25) is 0 Å². The summed E-state index contributed by atoms with van der Waals surface area (Å²) in [7, 11) is 0. The van der Waals surface area contributed by atoms with Gasteiger partial charge in [0.15, 0.2) is 0 Å². The first-order valence-corrected chi connectivity index (χ1v) is 6.86. The normalized spacial score (nSPS) is 10.7. The molecule has 1 rings (SSSR count). The summed E-state index contributed by atoms with van der Waals surface area (Å²) in [5, 5.41) is 4.27. The molecule has 0 fully saturated rings. The zero-order valence-corrected chi connectivity index (χ0v) is 11.2. The van der Waals surface area contributed by atoms with Gasteiger partial charge in [-0.05, 0) is 56.6 Å². The van der Waals surface area contributed by atoms with Crippen molar-refractivity contribution in [1.29, 1.82) is 0 Å². The molecule has 0 spiro atoms. The first kappa shape index (κ1) is 14.5. The topological polar surface area (TPSA) is 38.0 Å². The van der Waals surface area contributed by atoms with E-state index in [-0.39, 0.29) is 0 Å². The van der Waals surface area contributed by atoms with E-state index in [9.17, 15) is 0 Å². The molecule has 1 aromatic carbocycles. The highest BCUT2D eigenvalue weighted by Gasteiger charge is 1.93. The molecule has 96 valence electrons. The average Bonchev–Trinajstić information content (AvgIpc) is 2.35. The fraction of sp³-hybridized carbons (Fsp3) is 0.571. The minimum atomic E-state index is 0.807. The molecule has 0 aliphatic rings. The van der Waals surface area contributed by atoms with Crippen LogP contribution in [0.15, 0.2) is 24.3 Å². The van der Waals surface area contributed by atoms with Gasteiger partial charge in [0, 0.05) is 5.02 Å². The van der Waals surface area contributed by atoms with E-state index in [2.05, 4.69) is 17.4 Å². The molecule has 0 heterocycles. The van der Waals surface area contributed by atoms with Crippen molar-refractivity contribution >= 4 is 11.6 Å². The van der Waals surface area contributed by atoms with Crippen LogP contribution in [0.3, 0.4) is 0 Å². The van der Waals surface area contributed by atoms with Gasteiger partial charge < -0.3 is 11.1 Å². The first-order chi connectivity index (χ1) is 8.33. The first-order valence-electron chi connectivity index (χ1n) is 6.48. The largest absolute Gasteiger partial charge is 0.330 e. The van der Waals surface area contributed by atoms with Crippen molar-refractivity contribution in [3.63, 3.8) is 0 Å². The molecule has 0 atom stereocenters. The molecule has 3 heteroatoms. The Morgan fingerprint density at radius 1 is 0.941 bits per heavy atom. The monoisotopic (exact) mass is 254 g/mol. The third-order valence-corrected chi connectivity index (χ3v) is 3.06. The molecule has 0 radical (unpaired) electrons. The minimum Gasteiger partial charge on any atom is -0.330 e. The summed E-state index contributed by atoms with van der Waals surface area (Å²) >= 11 is 5.83. The maximum Gasteiger partial charge on any atom is 0.0406 e. The van der Waals surface area contributed by atoms with Gasteiger partial charge in [-0.15, -0.1) is 0 Å². The summed E-state index contributed by atoms with van der Waals surface area (Å²) in [5.74, 6) is 0. The van der Waals surface area contributed by atoms with Crippen molar-refractivity contribution in [2.45, 2.75) is 32.1 Å². The number of nitrogens with one attached hydrogen (secondary N) is 1. The Kier molecular flexibility index (Phi) is 8.06. The number of unbranched alkanes of at least 4 members (excludes halogenated alkanes) is 3. The van der Waals surface area contributed by atoms with Crippen LogP contribution in [0.5, 0.6) is 0 Å². The van der Waals surface area contributed by atoms with Crippen molar-refractivity contribution in [3.8, 4) is 0 Å². The lowest BCUT2D eigenvalue weighted by atomic mass is 10.1. The van der Waals surface area contributed by atoms with Crippen LogP contribution in [-0.2, 0) is 6.42 Å². The van der Waals surface area contributed by atoms with Crippen LogP contribution in [0.1, 0.15) is 31.2 Å². The number of hydrogen-bond donors (Lipinski definition) is 2. The molecule has 0 saturated heterocycles. The summed E-state index contributed by atoms with van der Waals surface area (Å²) in [6.45, 7) is 2.97. The zero-order valence-electron chi connectivity index (χ0n) is 10.4. The van der Waals surface area contributed by atoms with Crippen molar-refractivity contribution in [2.24, 2.45) is 5.73 Å². The van der Waals surface area contributed by atoms with Gasteiger partial charge in [-0.25, -0.2) is 0 Å². The molecule has 0 amide bonds. The van der Waals surface area contributed by atoms with Crippen molar-refractivity contribution in [2.75, 3.05) is 19.6 Å². The number of halogens is 1. The lowest BCUT2D eigenvalue weighted by Gasteiger charge is -2.05. The fourth-order valence-electron chi connectivity index (χ4n) is 1.76. The van der Waals surface area contributed by atoms with E-state index >= 15 is 0 Å². The number of nitrogens with two attached hydrogens (primary N) is 1. The van der Waals surface area contributed by atoms with Crippen LogP contribution in [0, 0.1) is 0 Å². The third-order valence-electron chi connectivity index (χ3n) is 2.81. The lowest BCUT2D eigenvalue weighted by Crippen LogP contribution is -2.18. The number of hydrogen-bond acceptors (Lipinski definition) is 2. The van der Waals surface area contributed by atoms with Crippen LogP contribution in [0.2, 0.25) is 5.02 Å². The third kappa shape index (κ3) is 7.37. The second-order valence-electron chi connectivity index (χ2n) is 4.33. The highest BCUT2D eigenvalue weighted by molar-refractivity contribution is 6.30. The molecule has 0 saturated carbocycles. The molecule has 2 nitrogen and oxygen atoms in total. The summed E-state index contributed by atoms with van der Waals surface area (Å²) in [6, 6.07) is 8.07. The standard InChI is InChI=1S/C14H23ClN2/c15-14-7-5-13(6-8-14)9-12-17-11-4-2-1-3-10-16/h5-8,17H,1-4,9-12,16H2. The molecule has 0 bridgehead atoms. The van der Waals surface area contributed by atoms with E-state index in [0.717, 1.165) is 37.5 Å². The molecule has 0 aromatic heterocycles. The van der Waals surface area contributed by atoms with Crippen LogP contribution in [0.4, 0.5) is 0 Å². The van der Waals surface area contributed by atoms with Crippen LogP contribution < -0.4 is 11.1 Å². The summed E-state index contributed by atoms with van der Waals surface area (Å²) in [4.78, 5) is 0. The van der Waals surface area contributed by atoms with Gasteiger partial charge in [0.1, 0.15) is 0 Å². The van der Waals surface area contributed by atoms with Crippen molar-refractivity contribution in [1.82, 2.24) is 5.32 Å². The molecule has 0 aliphatic heterocycles. The van der Waals surface area contributed by atoms with Gasteiger partial charge in [0.25, 0.3) is 0 Å². The van der Waals surface area contributed by atoms with E-state index in [1.165, 1.54) is 24.8 Å². The second-order valence-corrected chi connectivity index (χ2v) is 4.77. The van der Waals surface area contributed by atoms with Gasteiger partial charge in [0.2, 0.25) is 0 Å². The zero-order chi connectivity index (χ0) is 12.3. The van der Waals surface area contributed by atoms with Gasteiger partial charge >= 0.3 is 0 Å². The molecule has 3 N–H and O–H groups in total. The Hall–Kier alpha value is -0.570. The predicted molar refractivity (Wildman–Crippen MR) is 75.5 cm³/mol. The summed E-state index contributed by atoms with van der Waals surface area (Å²) in [5.41, 5.74) is 6.78. The summed E-state index contributed by atoms with van der Waals surface area (Å²) < 4.78 is 0. The molecule has 0 unspecified atom stereocenters. The quantitative estimate of drug-likeness (QED) is 0.665. The van der Waals surface area contributed by atoms with Gasteiger partial charge in [-0.1, -0.05) is 36.6 Å². The Bertz CT molecular complexity index is 285. The molecule has 17 heavy (non-hydrogen) atoms. The highest BCUT2D eigenvalue weighted by atomic mass is 35.5. The SMILES string of the molecule is NCCCCCCNCCc1ccc(Cl)cc1. The van der Waals surface area contributed by atoms with Crippen LogP contribution in [-0.4, -0.2) is 19.6 Å². The highest BCUT2D eigenvalue weighted by Crippen LogP contribution is 2.09. The Morgan fingerprint density at radius 3 is 2.35 bits per heavy atom. The second kappa shape index (κ2) is 9.46. The molecular formula is C14H23ClN2. The maximum atomic E-state index is 5.83. The van der Waals surface area contributed by atoms with Crippen molar-refractivity contribution in [3.05, 3.63) is 34.9 Å². The lowest BCUT2D eigenvalue weighted by molar-refractivity contribution is 0.591. The van der Waals surface area contributed by atoms with E-state index in [1.54, 1.807) is 0 Å². The number of benzene rings is 1. The number of rotatable bonds is 9.